The van der Waals surface area contributed by atoms with Crippen molar-refractivity contribution < 1.29 is 13.4 Å². The zero-order valence-electron chi connectivity index (χ0n) is 12.6. The minimum atomic E-state index is -0.947. The molecule has 0 spiro atoms. The molecule has 0 radical (unpaired) electrons. The lowest BCUT2D eigenvalue weighted by atomic mass is 10.3. The maximum atomic E-state index is 12.7. The molecule has 0 bridgehead atoms. The number of amides is 1. The summed E-state index contributed by atoms with van der Waals surface area (Å²) >= 11 is 1.51. The van der Waals surface area contributed by atoms with E-state index in [4.69, 9.17) is 0 Å². The molecule has 118 valence electrons. The Morgan fingerprint density at radius 1 is 1.29 bits per heavy atom. The second kappa shape index (κ2) is 8.54. The summed E-state index contributed by atoms with van der Waals surface area (Å²) in [4.78, 5) is 12.6. The molecular weight excluding hydrogens is 309 g/mol. The van der Waals surface area contributed by atoms with Crippen LogP contribution in [0.25, 0.3) is 0 Å². The van der Waals surface area contributed by atoms with E-state index in [1.54, 1.807) is 12.1 Å². The van der Waals surface area contributed by atoms with Gasteiger partial charge >= 0.3 is 0 Å². The number of nitrogens with one attached hydrogen (secondary N) is 1. The van der Waals surface area contributed by atoms with Gasteiger partial charge in [-0.1, -0.05) is 0 Å². The van der Waals surface area contributed by atoms with E-state index in [9.17, 15) is 13.4 Å². The van der Waals surface area contributed by atoms with E-state index in [2.05, 4.69) is 5.32 Å². The first-order valence-corrected chi connectivity index (χ1v) is 9.13. The summed E-state index contributed by atoms with van der Waals surface area (Å²) in [6.07, 6.45) is 0.393. The van der Waals surface area contributed by atoms with Crippen LogP contribution in [0.1, 0.15) is 27.2 Å². The highest BCUT2D eigenvalue weighted by molar-refractivity contribution is 7.99. The van der Waals surface area contributed by atoms with Crippen LogP contribution in [0.5, 0.6) is 0 Å². The molecule has 0 fully saturated rings. The lowest BCUT2D eigenvalue weighted by molar-refractivity contribution is -0.120. The summed E-state index contributed by atoms with van der Waals surface area (Å²) < 4.78 is 24.3. The molecule has 0 aliphatic rings. The van der Waals surface area contributed by atoms with Gasteiger partial charge in [0.15, 0.2) is 0 Å². The van der Waals surface area contributed by atoms with Crippen LogP contribution in [0.15, 0.2) is 29.2 Å². The fourth-order valence-corrected chi connectivity index (χ4v) is 3.22. The molecule has 0 aromatic heterocycles. The predicted molar refractivity (Wildman–Crippen MR) is 87.5 cm³/mol. The number of carbonyl (C=O) groups excluding carboxylic acids is 1. The first kappa shape index (κ1) is 18.2. The summed E-state index contributed by atoms with van der Waals surface area (Å²) in [5.41, 5.74) is 0. The molecule has 1 aromatic carbocycles. The molecule has 3 nitrogen and oxygen atoms in total. The maximum Gasteiger partial charge on any atom is 0.220 e. The van der Waals surface area contributed by atoms with Crippen LogP contribution in [-0.2, 0) is 15.6 Å². The SMILES string of the molecule is CC(C)(C)S(=O)CCNC(=O)CCSc1ccc(F)cc1. The number of carbonyl (C=O) groups is 1. The van der Waals surface area contributed by atoms with E-state index < -0.39 is 10.8 Å². The van der Waals surface area contributed by atoms with Gasteiger partial charge in [0.25, 0.3) is 0 Å². The molecule has 21 heavy (non-hydrogen) atoms. The van der Waals surface area contributed by atoms with Gasteiger partial charge in [-0.25, -0.2) is 4.39 Å². The van der Waals surface area contributed by atoms with Gasteiger partial charge in [-0.2, -0.15) is 0 Å². The Hall–Kier alpha value is -0.880. The third kappa shape index (κ3) is 7.62. The van der Waals surface area contributed by atoms with Gasteiger partial charge in [-0.3, -0.25) is 9.00 Å². The Bertz CT molecular complexity index is 483. The Balaban J connectivity index is 2.17. The zero-order chi connectivity index (χ0) is 15.9. The molecule has 0 saturated carbocycles. The van der Waals surface area contributed by atoms with Crippen molar-refractivity contribution in [2.75, 3.05) is 18.1 Å². The first-order chi connectivity index (χ1) is 9.79. The van der Waals surface area contributed by atoms with Gasteiger partial charge in [0.2, 0.25) is 5.91 Å². The normalized spacial score (nSPS) is 13.0. The summed E-state index contributed by atoms with van der Waals surface area (Å²) in [7, 11) is -0.947. The van der Waals surface area contributed by atoms with Crippen molar-refractivity contribution in [3.8, 4) is 0 Å². The minimum Gasteiger partial charge on any atom is -0.355 e. The van der Waals surface area contributed by atoms with Crippen LogP contribution in [-0.4, -0.2) is 32.9 Å². The fraction of sp³-hybridized carbons (Fsp3) is 0.533. The third-order valence-electron chi connectivity index (χ3n) is 2.70. The second-order valence-corrected chi connectivity index (χ2v) is 9.06. The molecule has 1 aromatic rings. The van der Waals surface area contributed by atoms with E-state index in [1.807, 2.05) is 20.8 Å². The van der Waals surface area contributed by atoms with Crippen molar-refractivity contribution in [3.63, 3.8) is 0 Å². The number of hydrogen-bond acceptors (Lipinski definition) is 3. The van der Waals surface area contributed by atoms with Crippen molar-refractivity contribution in [1.29, 1.82) is 0 Å². The van der Waals surface area contributed by atoms with E-state index in [-0.39, 0.29) is 16.5 Å². The Morgan fingerprint density at radius 3 is 2.48 bits per heavy atom. The lowest BCUT2D eigenvalue weighted by Gasteiger charge is -2.17. The fourth-order valence-electron chi connectivity index (χ4n) is 1.47. The molecule has 1 atom stereocenters. The quantitative estimate of drug-likeness (QED) is 0.781. The van der Waals surface area contributed by atoms with Crippen molar-refractivity contribution in [2.45, 2.75) is 36.8 Å². The van der Waals surface area contributed by atoms with Crippen LogP contribution < -0.4 is 5.32 Å². The summed E-state index contributed by atoms with van der Waals surface area (Å²) in [5, 5.41) is 2.78. The Kier molecular flexibility index (Phi) is 7.39. The lowest BCUT2D eigenvalue weighted by Crippen LogP contribution is -2.32. The Labute approximate surface area is 132 Å². The van der Waals surface area contributed by atoms with E-state index in [0.29, 0.717) is 24.5 Å². The van der Waals surface area contributed by atoms with Gasteiger partial charge in [0, 0.05) is 44.9 Å². The molecule has 1 rings (SSSR count). The smallest absolute Gasteiger partial charge is 0.220 e. The number of thioether (sulfide) groups is 1. The molecule has 0 aliphatic heterocycles. The van der Waals surface area contributed by atoms with Crippen molar-refractivity contribution in [3.05, 3.63) is 30.1 Å². The highest BCUT2D eigenvalue weighted by Crippen LogP contribution is 2.18. The average molecular weight is 331 g/mol. The summed E-state index contributed by atoms with van der Waals surface area (Å²) in [5.74, 6) is 0.805. The van der Waals surface area contributed by atoms with E-state index >= 15 is 0 Å². The van der Waals surface area contributed by atoms with Crippen molar-refractivity contribution in [2.24, 2.45) is 0 Å². The van der Waals surface area contributed by atoms with Crippen LogP contribution in [0.3, 0.4) is 0 Å². The van der Waals surface area contributed by atoms with Gasteiger partial charge in [-0.15, -0.1) is 11.8 Å². The van der Waals surface area contributed by atoms with Crippen LogP contribution in [0.4, 0.5) is 4.39 Å². The molecule has 0 saturated heterocycles. The van der Waals surface area contributed by atoms with Gasteiger partial charge in [0.05, 0.1) is 0 Å². The second-order valence-electron chi connectivity index (χ2n) is 5.56. The van der Waals surface area contributed by atoms with Crippen LogP contribution in [0.2, 0.25) is 0 Å². The highest BCUT2D eigenvalue weighted by Gasteiger charge is 2.18. The van der Waals surface area contributed by atoms with Crippen LogP contribution in [0, 0.1) is 5.82 Å². The van der Waals surface area contributed by atoms with Crippen molar-refractivity contribution >= 4 is 28.5 Å². The number of rotatable bonds is 7. The Morgan fingerprint density at radius 2 is 1.90 bits per heavy atom. The molecular formula is C15H22FNO2S2. The molecule has 0 aliphatic carbocycles. The van der Waals surface area contributed by atoms with Gasteiger partial charge in [-0.05, 0) is 45.0 Å². The number of halogens is 1. The highest BCUT2D eigenvalue weighted by atomic mass is 32.2. The third-order valence-corrected chi connectivity index (χ3v) is 5.66. The standard InChI is InChI=1S/C15H22FNO2S2/c1-15(2,3)21(19)11-9-17-14(18)8-10-20-13-6-4-12(16)5-7-13/h4-7H,8-11H2,1-3H3,(H,17,18). The zero-order valence-corrected chi connectivity index (χ0v) is 14.3. The number of benzene rings is 1. The molecule has 1 amide bonds. The van der Waals surface area contributed by atoms with Crippen molar-refractivity contribution in [1.82, 2.24) is 5.32 Å². The van der Waals surface area contributed by atoms with Gasteiger partial charge < -0.3 is 5.32 Å². The molecule has 1 unspecified atom stereocenters. The van der Waals surface area contributed by atoms with Gasteiger partial charge in [0.1, 0.15) is 5.82 Å². The summed E-state index contributed by atoms with van der Waals surface area (Å²) in [6, 6.07) is 6.21. The predicted octanol–water partition coefficient (Wildman–Crippen LogP) is 2.97. The average Bonchev–Trinajstić information content (AvgIpc) is 2.40. The summed E-state index contributed by atoms with van der Waals surface area (Å²) in [6.45, 7) is 6.20. The minimum absolute atomic E-state index is 0.0458. The molecule has 0 heterocycles. The van der Waals surface area contributed by atoms with Crippen LogP contribution >= 0.6 is 11.8 Å². The maximum absolute atomic E-state index is 12.7. The monoisotopic (exact) mass is 331 g/mol. The number of hydrogen-bond donors (Lipinski definition) is 1. The molecule has 1 N–H and O–H groups in total. The van der Waals surface area contributed by atoms with E-state index in [0.717, 1.165) is 4.90 Å². The van der Waals surface area contributed by atoms with E-state index in [1.165, 1.54) is 23.9 Å². The first-order valence-electron chi connectivity index (χ1n) is 6.82. The largest absolute Gasteiger partial charge is 0.355 e. The molecule has 6 heteroatoms. The topological polar surface area (TPSA) is 46.2 Å².